The smallest absolute Gasteiger partial charge is 0.324 e. The summed E-state index contributed by atoms with van der Waals surface area (Å²) in [6, 6.07) is 6.33. The van der Waals surface area contributed by atoms with Crippen LogP contribution in [0.5, 0.6) is 0 Å². The second-order valence-electron chi connectivity index (χ2n) is 6.38. The van der Waals surface area contributed by atoms with E-state index in [1.807, 2.05) is 0 Å². The summed E-state index contributed by atoms with van der Waals surface area (Å²) in [6.45, 7) is -0.281. The molecule has 6 nitrogen and oxygen atoms in total. The number of likely N-dealkylation sites (N-methyl/N-ethyl adjacent to an activating group) is 1. The van der Waals surface area contributed by atoms with Crippen molar-refractivity contribution < 1.29 is 14.4 Å². The number of hydrogen-bond acceptors (Lipinski definition) is 3. The average Bonchev–Trinajstić information content (AvgIpc) is 2.72. The van der Waals surface area contributed by atoms with Crippen LogP contribution >= 0.6 is 11.6 Å². The molecule has 1 aliphatic carbocycles. The molecule has 1 aromatic rings. The Hall–Kier alpha value is -2.08. The van der Waals surface area contributed by atoms with Gasteiger partial charge in [0.25, 0.3) is 5.91 Å². The van der Waals surface area contributed by atoms with Crippen LogP contribution in [-0.2, 0) is 9.59 Å². The monoisotopic (exact) mass is 349 g/mol. The topological polar surface area (TPSA) is 69.7 Å². The Morgan fingerprint density at radius 1 is 1.25 bits per heavy atom. The van der Waals surface area contributed by atoms with E-state index in [2.05, 4.69) is 5.32 Å². The highest BCUT2D eigenvalue weighted by Crippen LogP contribution is 2.39. The van der Waals surface area contributed by atoms with E-state index in [9.17, 15) is 14.4 Å². The molecule has 4 amide bonds. The molecule has 0 unspecified atom stereocenters. The van der Waals surface area contributed by atoms with E-state index >= 15 is 0 Å². The molecule has 1 aromatic carbocycles. The standard InChI is InChI=1S/C17H20ClN3O3/c1-20-16(24)21(15(23)17(20)8-3-2-4-9-17)11-14(22)19-13-7-5-6-12(18)10-13/h5-7,10H,2-4,8-9,11H2,1H3,(H,19,22). The van der Waals surface area contributed by atoms with Crippen LogP contribution in [0, 0.1) is 0 Å². The van der Waals surface area contributed by atoms with Gasteiger partial charge in [-0.05, 0) is 31.0 Å². The number of hydrogen-bond donors (Lipinski definition) is 1. The van der Waals surface area contributed by atoms with E-state index in [0.29, 0.717) is 23.6 Å². The van der Waals surface area contributed by atoms with Gasteiger partial charge in [0.2, 0.25) is 5.91 Å². The maximum Gasteiger partial charge on any atom is 0.327 e. The predicted molar refractivity (Wildman–Crippen MR) is 90.8 cm³/mol. The van der Waals surface area contributed by atoms with Gasteiger partial charge in [-0.2, -0.15) is 0 Å². The maximum atomic E-state index is 12.8. The van der Waals surface area contributed by atoms with Crippen molar-refractivity contribution in [3.8, 4) is 0 Å². The lowest BCUT2D eigenvalue weighted by atomic mass is 9.81. The lowest BCUT2D eigenvalue weighted by molar-refractivity contribution is -0.136. The van der Waals surface area contributed by atoms with Gasteiger partial charge in [-0.25, -0.2) is 4.79 Å². The van der Waals surface area contributed by atoms with Crippen molar-refractivity contribution in [3.63, 3.8) is 0 Å². The summed E-state index contributed by atoms with van der Waals surface area (Å²) in [5, 5.41) is 3.17. The first-order valence-corrected chi connectivity index (χ1v) is 8.47. The van der Waals surface area contributed by atoms with Gasteiger partial charge in [0.1, 0.15) is 12.1 Å². The Labute approximate surface area is 145 Å². The molecule has 2 fully saturated rings. The van der Waals surface area contributed by atoms with Crippen molar-refractivity contribution in [3.05, 3.63) is 29.3 Å². The number of halogens is 1. The highest BCUT2D eigenvalue weighted by Gasteiger charge is 2.55. The number of urea groups is 1. The molecule has 1 N–H and O–H groups in total. The fourth-order valence-electron chi connectivity index (χ4n) is 3.58. The molecule has 1 saturated heterocycles. The van der Waals surface area contributed by atoms with Crippen molar-refractivity contribution >= 4 is 35.1 Å². The lowest BCUT2D eigenvalue weighted by Gasteiger charge is -2.35. The number of amides is 4. The van der Waals surface area contributed by atoms with E-state index in [0.717, 1.165) is 24.2 Å². The molecule has 0 atom stereocenters. The summed E-state index contributed by atoms with van der Waals surface area (Å²) in [5.74, 6) is -0.670. The van der Waals surface area contributed by atoms with Crippen molar-refractivity contribution in [2.75, 3.05) is 18.9 Å². The summed E-state index contributed by atoms with van der Waals surface area (Å²) in [6.07, 6.45) is 4.26. The Morgan fingerprint density at radius 2 is 1.96 bits per heavy atom. The Balaban J connectivity index is 1.71. The van der Waals surface area contributed by atoms with Gasteiger partial charge in [-0.3, -0.25) is 14.5 Å². The molecule has 0 aromatic heterocycles. The van der Waals surface area contributed by atoms with Crippen LogP contribution < -0.4 is 5.32 Å². The van der Waals surface area contributed by atoms with Gasteiger partial charge in [0, 0.05) is 17.8 Å². The summed E-state index contributed by atoms with van der Waals surface area (Å²) in [5.41, 5.74) is -0.224. The number of nitrogens with one attached hydrogen (secondary N) is 1. The first-order valence-electron chi connectivity index (χ1n) is 8.09. The number of anilines is 1. The third-order valence-corrected chi connectivity index (χ3v) is 5.13. The fourth-order valence-corrected chi connectivity index (χ4v) is 3.77. The molecular weight excluding hydrogens is 330 g/mol. The zero-order valence-electron chi connectivity index (χ0n) is 13.5. The number of nitrogens with zero attached hydrogens (tertiary/aromatic N) is 2. The van der Waals surface area contributed by atoms with Gasteiger partial charge in [0.15, 0.2) is 0 Å². The van der Waals surface area contributed by atoms with Gasteiger partial charge in [-0.1, -0.05) is 36.9 Å². The first kappa shape index (κ1) is 16.8. The Morgan fingerprint density at radius 3 is 2.62 bits per heavy atom. The molecule has 1 saturated carbocycles. The molecule has 0 bridgehead atoms. The van der Waals surface area contributed by atoms with Crippen molar-refractivity contribution in [1.29, 1.82) is 0 Å². The van der Waals surface area contributed by atoms with E-state index in [1.54, 1.807) is 31.3 Å². The molecule has 24 heavy (non-hydrogen) atoms. The predicted octanol–water partition coefficient (Wildman–Crippen LogP) is 2.88. The number of carbonyl (C=O) groups excluding carboxylic acids is 3. The van der Waals surface area contributed by atoms with Crippen molar-refractivity contribution in [1.82, 2.24) is 9.80 Å². The van der Waals surface area contributed by atoms with Crippen molar-refractivity contribution in [2.24, 2.45) is 0 Å². The van der Waals surface area contributed by atoms with E-state index in [1.165, 1.54) is 4.90 Å². The minimum absolute atomic E-state index is 0.254. The fraction of sp³-hybridized carbons (Fsp3) is 0.471. The number of imide groups is 1. The summed E-state index contributed by atoms with van der Waals surface area (Å²) in [4.78, 5) is 40.1. The highest BCUT2D eigenvalue weighted by molar-refractivity contribution is 6.30. The van der Waals surface area contributed by atoms with Crippen LogP contribution in [0.4, 0.5) is 10.5 Å². The normalized spacial score (nSPS) is 19.9. The molecule has 3 rings (SSSR count). The highest BCUT2D eigenvalue weighted by atomic mass is 35.5. The van der Waals surface area contributed by atoms with Crippen LogP contribution in [-0.4, -0.2) is 46.8 Å². The van der Waals surface area contributed by atoms with Crippen LogP contribution in [0.25, 0.3) is 0 Å². The van der Waals surface area contributed by atoms with Crippen LogP contribution in [0.2, 0.25) is 5.02 Å². The second-order valence-corrected chi connectivity index (χ2v) is 6.82. The largest absolute Gasteiger partial charge is 0.327 e. The first-order chi connectivity index (χ1) is 11.4. The average molecular weight is 350 g/mol. The molecule has 0 radical (unpaired) electrons. The van der Waals surface area contributed by atoms with Gasteiger partial charge >= 0.3 is 6.03 Å². The lowest BCUT2D eigenvalue weighted by Crippen LogP contribution is -2.49. The van der Waals surface area contributed by atoms with Gasteiger partial charge in [-0.15, -0.1) is 0 Å². The number of carbonyl (C=O) groups is 3. The molecule has 2 aliphatic rings. The Bertz CT molecular complexity index is 685. The minimum atomic E-state index is -0.758. The Kier molecular flexibility index (Phi) is 4.49. The van der Waals surface area contributed by atoms with E-state index in [-0.39, 0.29) is 12.5 Å². The maximum absolute atomic E-state index is 12.8. The third kappa shape index (κ3) is 2.86. The summed E-state index contributed by atoms with van der Waals surface area (Å²) in [7, 11) is 1.65. The molecule has 7 heteroatoms. The van der Waals surface area contributed by atoms with Crippen LogP contribution in [0.1, 0.15) is 32.1 Å². The number of rotatable bonds is 3. The molecule has 128 valence electrons. The second kappa shape index (κ2) is 6.43. The SMILES string of the molecule is CN1C(=O)N(CC(=O)Nc2cccc(Cl)c2)C(=O)C12CCCCC2. The third-order valence-electron chi connectivity index (χ3n) is 4.89. The zero-order chi connectivity index (χ0) is 17.3. The van der Waals surface area contributed by atoms with Gasteiger partial charge in [0.05, 0.1) is 0 Å². The van der Waals surface area contributed by atoms with E-state index < -0.39 is 17.5 Å². The molecule has 1 spiro atoms. The van der Waals surface area contributed by atoms with E-state index in [4.69, 9.17) is 11.6 Å². The number of benzene rings is 1. The quantitative estimate of drug-likeness (QED) is 0.853. The van der Waals surface area contributed by atoms with Crippen LogP contribution in [0.3, 0.4) is 0 Å². The zero-order valence-corrected chi connectivity index (χ0v) is 14.3. The minimum Gasteiger partial charge on any atom is -0.324 e. The molecule has 1 heterocycles. The summed E-state index contributed by atoms with van der Waals surface area (Å²) < 4.78 is 0. The summed E-state index contributed by atoms with van der Waals surface area (Å²) >= 11 is 5.88. The van der Waals surface area contributed by atoms with Crippen molar-refractivity contribution in [2.45, 2.75) is 37.6 Å². The molecular formula is C17H20ClN3O3. The molecule has 1 aliphatic heterocycles. The van der Waals surface area contributed by atoms with Crippen LogP contribution in [0.15, 0.2) is 24.3 Å². The van der Waals surface area contributed by atoms with Gasteiger partial charge < -0.3 is 10.2 Å².